The monoisotopic (exact) mass is 416 g/mol. The van der Waals surface area contributed by atoms with Gasteiger partial charge in [0, 0.05) is 5.39 Å². The first-order chi connectivity index (χ1) is 14.4. The van der Waals surface area contributed by atoms with Gasteiger partial charge in [-0.25, -0.2) is 9.59 Å². The Morgan fingerprint density at radius 2 is 1.80 bits per heavy atom. The molecule has 0 unspecified atom stereocenters. The molecular weight excluding hydrogens is 392 g/mol. The molecule has 0 bridgehead atoms. The molecule has 0 radical (unpaired) electrons. The molecule has 0 spiro atoms. The zero-order chi connectivity index (χ0) is 21.9. The molecule has 1 aromatic carbocycles. The second kappa shape index (κ2) is 8.56. The third-order valence-corrected chi connectivity index (χ3v) is 5.28. The highest BCUT2D eigenvalue weighted by Crippen LogP contribution is 2.28. The Balaban J connectivity index is 1.74. The van der Waals surface area contributed by atoms with Gasteiger partial charge in [-0.05, 0) is 25.8 Å². The van der Waals surface area contributed by atoms with Crippen molar-refractivity contribution in [1.29, 1.82) is 0 Å². The van der Waals surface area contributed by atoms with Crippen molar-refractivity contribution in [2.24, 2.45) is 0 Å². The van der Waals surface area contributed by atoms with Crippen LogP contribution in [0.15, 0.2) is 28.7 Å². The number of urea groups is 1. The van der Waals surface area contributed by atoms with Crippen molar-refractivity contribution < 1.29 is 33.1 Å². The Bertz CT molecular complexity index is 990. The molecule has 0 saturated carbocycles. The maximum atomic E-state index is 12.6. The van der Waals surface area contributed by atoms with Gasteiger partial charge in [-0.1, -0.05) is 32.0 Å². The summed E-state index contributed by atoms with van der Waals surface area (Å²) in [6.45, 7) is 4.65. The molecule has 2 heterocycles. The average molecular weight is 416 g/mol. The maximum absolute atomic E-state index is 12.6. The third kappa shape index (κ3) is 3.74. The van der Waals surface area contributed by atoms with E-state index < -0.39 is 36.0 Å². The number of esters is 2. The van der Waals surface area contributed by atoms with Crippen molar-refractivity contribution in [2.75, 3.05) is 13.2 Å². The molecular formula is C21H24N2O7. The molecule has 160 valence electrons. The van der Waals surface area contributed by atoms with Crippen LogP contribution >= 0.6 is 0 Å². The van der Waals surface area contributed by atoms with Crippen molar-refractivity contribution in [3.63, 3.8) is 0 Å². The van der Waals surface area contributed by atoms with Gasteiger partial charge in [0.05, 0.1) is 12.2 Å². The van der Waals surface area contributed by atoms with Crippen molar-refractivity contribution >= 4 is 34.8 Å². The summed E-state index contributed by atoms with van der Waals surface area (Å²) >= 11 is 0. The largest absolute Gasteiger partial charge is 0.460 e. The summed E-state index contributed by atoms with van der Waals surface area (Å²) in [6.07, 6.45) is 0.840. The summed E-state index contributed by atoms with van der Waals surface area (Å²) in [5.41, 5.74) is -0.169. The molecule has 0 atom stereocenters. The van der Waals surface area contributed by atoms with Crippen LogP contribution in [-0.4, -0.2) is 47.5 Å². The summed E-state index contributed by atoms with van der Waals surface area (Å²) in [5.74, 6) is -1.93. The summed E-state index contributed by atoms with van der Waals surface area (Å²) in [7, 11) is 0. The topological polar surface area (TPSA) is 115 Å². The predicted octanol–water partition coefficient (Wildman–Crippen LogP) is 2.76. The number of amides is 3. The summed E-state index contributed by atoms with van der Waals surface area (Å²) in [6, 6.07) is 6.31. The molecule has 1 aliphatic heterocycles. The molecule has 9 heteroatoms. The van der Waals surface area contributed by atoms with Gasteiger partial charge >= 0.3 is 18.0 Å². The lowest BCUT2D eigenvalue weighted by Crippen LogP contribution is -2.46. The number of carbonyl (C=O) groups is 4. The Labute approximate surface area is 173 Å². The van der Waals surface area contributed by atoms with Crippen LogP contribution in [0.25, 0.3) is 11.0 Å². The van der Waals surface area contributed by atoms with E-state index in [2.05, 4.69) is 5.32 Å². The number of hydrogen-bond acceptors (Lipinski definition) is 7. The van der Waals surface area contributed by atoms with E-state index in [1.165, 1.54) is 0 Å². The summed E-state index contributed by atoms with van der Waals surface area (Å²) < 4.78 is 15.9. The second-order valence-electron chi connectivity index (χ2n) is 6.90. The Morgan fingerprint density at radius 3 is 2.43 bits per heavy atom. The minimum atomic E-state index is -0.991. The van der Waals surface area contributed by atoms with E-state index in [-0.39, 0.29) is 19.0 Å². The third-order valence-electron chi connectivity index (χ3n) is 5.28. The number of para-hydroxylation sites is 1. The normalized spacial score (nSPS) is 15.4. The number of nitrogens with one attached hydrogen (secondary N) is 1. The highest BCUT2D eigenvalue weighted by Gasteiger charge is 2.49. The van der Waals surface area contributed by atoms with Gasteiger partial charge in [0.1, 0.15) is 24.3 Å². The molecule has 1 aliphatic rings. The van der Waals surface area contributed by atoms with Gasteiger partial charge in [-0.2, -0.15) is 0 Å². The van der Waals surface area contributed by atoms with Gasteiger partial charge < -0.3 is 19.2 Å². The first-order valence-corrected chi connectivity index (χ1v) is 9.84. The Morgan fingerprint density at radius 1 is 1.10 bits per heavy atom. The van der Waals surface area contributed by atoms with Gasteiger partial charge in [0.15, 0.2) is 0 Å². The predicted molar refractivity (Wildman–Crippen MR) is 106 cm³/mol. The lowest BCUT2D eigenvalue weighted by Gasteiger charge is -2.22. The fourth-order valence-electron chi connectivity index (χ4n) is 3.48. The molecule has 1 aromatic heterocycles. The minimum absolute atomic E-state index is 0.0446. The molecule has 1 N–H and O–H groups in total. The van der Waals surface area contributed by atoms with E-state index in [1.807, 2.05) is 0 Å². The van der Waals surface area contributed by atoms with Crippen molar-refractivity contribution in [1.82, 2.24) is 10.2 Å². The fourth-order valence-corrected chi connectivity index (χ4v) is 3.48. The number of furan rings is 1. The Hall–Kier alpha value is -3.36. The standard InChI is InChI=1S/C21H24N2O7/c1-4-21(5-2)19(26)23(20(27)22-21)11-16(24)29-12-14-13-9-7-8-10-15(13)30-17(14)18(25)28-6-3/h7-10H,4-6,11-12H2,1-3H3,(H,22,27). The SMILES string of the molecule is CCOC(=O)c1oc2ccccc2c1COC(=O)CN1C(=O)NC(CC)(CC)C1=O. The number of benzene rings is 1. The van der Waals surface area contributed by atoms with Crippen LogP contribution in [0.1, 0.15) is 49.7 Å². The lowest BCUT2D eigenvalue weighted by molar-refractivity contribution is -0.148. The van der Waals surface area contributed by atoms with E-state index in [0.29, 0.717) is 29.4 Å². The molecule has 30 heavy (non-hydrogen) atoms. The van der Waals surface area contributed by atoms with Crippen LogP contribution in [0, 0.1) is 0 Å². The van der Waals surface area contributed by atoms with Crippen LogP contribution in [0.3, 0.4) is 0 Å². The van der Waals surface area contributed by atoms with Gasteiger partial charge in [0.25, 0.3) is 5.91 Å². The van der Waals surface area contributed by atoms with Gasteiger partial charge in [-0.15, -0.1) is 0 Å². The molecule has 0 aliphatic carbocycles. The van der Waals surface area contributed by atoms with Crippen LogP contribution in [0.4, 0.5) is 4.79 Å². The van der Waals surface area contributed by atoms with Crippen LogP contribution < -0.4 is 5.32 Å². The average Bonchev–Trinajstić information content (AvgIpc) is 3.23. The number of fused-ring (bicyclic) bond motifs is 1. The second-order valence-corrected chi connectivity index (χ2v) is 6.90. The zero-order valence-electron chi connectivity index (χ0n) is 17.1. The zero-order valence-corrected chi connectivity index (χ0v) is 17.1. The van der Waals surface area contributed by atoms with Gasteiger partial charge in [0.2, 0.25) is 5.76 Å². The van der Waals surface area contributed by atoms with E-state index in [9.17, 15) is 19.2 Å². The number of hydrogen-bond donors (Lipinski definition) is 1. The van der Waals surface area contributed by atoms with E-state index in [4.69, 9.17) is 13.9 Å². The molecule has 3 amide bonds. The summed E-state index contributed by atoms with van der Waals surface area (Å²) in [5, 5.41) is 3.27. The van der Waals surface area contributed by atoms with E-state index in [0.717, 1.165) is 4.90 Å². The number of carbonyl (C=O) groups excluding carboxylic acids is 4. The Kier molecular flexibility index (Phi) is 6.09. The minimum Gasteiger partial charge on any atom is -0.460 e. The smallest absolute Gasteiger partial charge is 0.374 e. The van der Waals surface area contributed by atoms with Crippen molar-refractivity contribution in [3.8, 4) is 0 Å². The first-order valence-electron chi connectivity index (χ1n) is 9.84. The summed E-state index contributed by atoms with van der Waals surface area (Å²) in [4.78, 5) is 50.3. The van der Waals surface area contributed by atoms with Crippen molar-refractivity contribution in [2.45, 2.75) is 45.8 Å². The quantitative estimate of drug-likeness (QED) is 0.520. The molecule has 3 rings (SSSR count). The number of imide groups is 1. The molecule has 1 fully saturated rings. The molecule has 9 nitrogen and oxygen atoms in total. The fraction of sp³-hybridized carbons (Fsp3) is 0.429. The highest BCUT2D eigenvalue weighted by molar-refractivity contribution is 6.08. The van der Waals surface area contributed by atoms with Crippen molar-refractivity contribution in [3.05, 3.63) is 35.6 Å². The number of ether oxygens (including phenoxy) is 2. The molecule has 2 aromatic rings. The van der Waals surface area contributed by atoms with Crippen LogP contribution in [0.2, 0.25) is 0 Å². The van der Waals surface area contributed by atoms with Gasteiger partial charge in [-0.3, -0.25) is 14.5 Å². The highest BCUT2D eigenvalue weighted by atomic mass is 16.5. The first kappa shape index (κ1) is 21.4. The van der Waals surface area contributed by atoms with E-state index in [1.54, 1.807) is 45.0 Å². The van der Waals surface area contributed by atoms with Crippen LogP contribution in [-0.2, 0) is 25.7 Å². The van der Waals surface area contributed by atoms with Crippen LogP contribution in [0.5, 0.6) is 0 Å². The maximum Gasteiger partial charge on any atom is 0.374 e. The lowest BCUT2D eigenvalue weighted by atomic mass is 9.93. The van der Waals surface area contributed by atoms with E-state index >= 15 is 0 Å². The number of rotatable bonds is 8. The molecule has 1 saturated heterocycles. The number of nitrogens with zero attached hydrogens (tertiary/aromatic N) is 1.